The van der Waals surface area contributed by atoms with E-state index in [2.05, 4.69) is 10.5 Å². The summed E-state index contributed by atoms with van der Waals surface area (Å²) in [7, 11) is 0. The second kappa shape index (κ2) is 8.79. The SMILES string of the molecule is CC(=O)NCC(SC(=O)CCC(=O)N=O)C(C)C. The molecule has 0 saturated carbocycles. The van der Waals surface area contributed by atoms with Gasteiger partial charge < -0.3 is 5.32 Å². The van der Waals surface area contributed by atoms with Gasteiger partial charge in [0.25, 0.3) is 5.91 Å². The lowest BCUT2D eigenvalue weighted by Gasteiger charge is -2.19. The largest absolute Gasteiger partial charge is 0.355 e. The van der Waals surface area contributed by atoms with Crippen LogP contribution in [0.25, 0.3) is 0 Å². The van der Waals surface area contributed by atoms with Gasteiger partial charge in [-0.3, -0.25) is 14.4 Å². The molecule has 0 saturated heterocycles. The van der Waals surface area contributed by atoms with Gasteiger partial charge in [0.1, 0.15) is 0 Å². The van der Waals surface area contributed by atoms with Crippen molar-refractivity contribution >= 4 is 28.7 Å². The van der Waals surface area contributed by atoms with Crippen LogP contribution in [0.5, 0.6) is 0 Å². The maximum absolute atomic E-state index is 11.6. The number of carbonyl (C=O) groups is 3. The first kappa shape index (κ1) is 16.8. The van der Waals surface area contributed by atoms with E-state index in [0.717, 1.165) is 11.8 Å². The maximum Gasteiger partial charge on any atom is 0.286 e. The summed E-state index contributed by atoms with van der Waals surface area (Å²) in [6.07, 6.45) is -0.154. The smallest absolute Gasteiger partial charge is 0.286 e. The van der Waals surface area contributed by atoms with Crippen LogP contribution in [0.2, 0.25) is 0 Å². The molecule has 0 aromatic carbocycles. The Kier molecular flexibility index (Phi) is 8.19. The topological polar surface area (TPSA) is 92.7 Å². The molecule has 1 unspecified atom stereocenters. The number of rotatable bonds is 7. The molecule has 0 aromatic rings. The monoisotopic (exact) mass is 274 g/mol. The molecular weight excluding hydrogens is 256 g/mol. The van der Waals surface area contributed by atoms with E-state index in [1.807, 2.05) is 13.8 Å². The predicted molar refractivity (Wildman–Crippen MR) is 69.9 cm³/mol. The lowest BCUT2D eigenvalue weighted by Crippen LogP contribution is -2.32. The van der Waals surface area contributed by atoms with Crippen molar-refractivity contribution in [1.82, 2.24) is 5.32 Å². The first-order valence-corrected chi connectivity index (χ1v) is 6.54. The predicted octanol–water partition coefficient (Wildman–Crippen LogP) is 1.48. The molecule has 7 heteroatoms. The quantitative estimate of drug-likeness (QED) is 0.710. The second-order valence-electron chi connectivity index (χ2n) is 4.19. The Hall–Kier alpha value is -1.24. The third-order valence-corrected chi connectivity index (χ3v) is 3.70. The van der Waals surface area contributed by atoms with Crippen molar-refractivity contribution in [2.45, 2.75) is 38.9 Å². The van der Waals surface area contributed by atoms with Gasteiger partial charge in [0.05, 0.1) is 0 Å². The van der Waals surface area contributed by atoms with Crippen LogP contribution in [0.1, 0.15) is 33.6 Å². The highest BCUT2D eigenvalue weighted by Crippen LogP contribution is 2.21. The van der Waals surface area contributed by atoms with Crippen LogP contribution < -0.4 is 5.32 Å². The van der Waals surface area contributed by atoms with E-state index in [4.69, 9.17) is 0 Å². The van der Waals surface area contributed by atoms with Gasteiger partial charge in [-0.2, -0.15) is 0 Å². The van der Waals surface area contributed by atoms with Crippen LogP contribution in [-0.2, 0) is 14.4 Å². The molecule has 0 bridgehead atoms. The average Bonchev–Trinajstić information content (AvgIpc) is 2.30. The minimum Gasteiger partial charge on any atom is -0.355 e. The van der Waals surface area contributed by atoms with Crippen LogP contribution >= 0.6 is 11.8 Å². The molecule has 1 N–H and O–H groups in total. The van der Waals surface area contributed by atoms with Gasteiger partial charge in [0.15, 0.2) is 5.12 Å². The highest BCUT2D eigenvalue weighted by molar-refractivity contribution is 8.14. The minimum atomic E-state index is -0.813. The standard InChI is InChI=1S/C11H18N2O4S/c1-7(2)9(6-12-8(3)14)18-11(16)5-4-10(15)13-17/h7,9H,4-6H2,1-3H3,(H,12,14). The molecule has 0 heterocycles. The minimum absolute atomic E-state index is 0.00146. The summed E-state index contributed by atoms with van der Waals surface area (Å²) in [5.41, 5.74) is 0. The zero-order chi connectivity index (χ0) is 14.1. The van der Waals surface area contributed by atoms with Crippen LogP contribution in [-0.4, -0.2) is 28.7 Å². The first-order valence-electron chi connectivity index (χ1n) is 5.67. The van der Waals surface area contributed by atoms with E-state index in [-0.39, 0.29) is 35.0 Å². The van der Waals surface area contributed by atoms with Crippen molar-refractivity contribution in [1.29, 1.82) is 0 Å². The lowest BCUT2D eigenvalue weighted by molar-refractivity contribution is -0.120. The molecule has 0 aromatic heterocycles. The summed E-state index contributed by atoms with van der Waals surface area (Å²) in [6, 6.07) is 0. The molecule has 0 rings (SSSR count). The van der Waals surface area contributed by atoms with Gasteiger partial charge >= 0.3 is 0 Å². The van der Waals surface area contributed by atoms with E-state index in [1.54, 1.807) is 0 Å². The molecule has 0 spiro atoms. The summed E-state index contributed by atoms with van der Waals surface area (Å²) >= 11 is 1.10. The molecule has 2 amide bonds. The van der Waals surface area contributed by atoms with E-state index in [1.165, 1.54) is 6.92 Å². The number of nitroso groups, excluding NO2 is 1. The van der Waals surface area contributed by atoms with Gasteiger partial charge in [-0.1, -0.05) is 25.6 Å². The second-order valence-corrected chi connectivity index (χ2v) is 5.49. The molecule has 0 aliphatic carbocycles. The first-order chi connectivity index (χ1) is 8.36. The molecule has 0 radical (unpaired) electrons. The zero-order valence-corrected chi connectivity index (χ0v) is 11.6. The van der Waals surface area contributed by atoms with Gasteiger partial charge in [0, 0.05) is 36.7 Å². The van der Waals surface area contributed by atoms with Crippen molar-refractivity contribution in [2.75, 3.05) is 6.54 Å². The number of hydrogen-bond donors (Lipinski definition) is 1. The normalized spacial score (nSPS) is 12.0. The zero-order valence-electron chi connectivity index (χ0n) is 10.8. The van der Waals surface area contributed by atoms with Crippen LogP contribution in [0.4, 0.5) is 0 Å². The number of carbonyl (C=O) groups excluding carboxylic acids is 3. The summed E-state index contributed by atoms with van der Waals surface area (Å²) in [5, 5.41) is 4.68. The molecule has 1 atom stereocenters. The van der Waals surface area contributed by atoms with Crippen molar-refractivity contribution in [3.63, 3.8) is 0 Å². The third kappa shape index (κ3) is 7.94. The Labute approximate surface area is 110 Å². The van der Waals surface area contributed by atoms with Gasteiger partial charge in [-0.15, -0.1) is 4.91 Å². The van der Waals surface area contributed by atoms with Crippen LogP contribution in [0.15, 0.2) is 5.18 Å². The van der Waals surface area contributed by atoms with Gasteiger partial charge in [-0.25, -0.2) is 0 Å². The van der Waals surface area contributed by atoms with Crippen LogP contribution in [0, 0.1) is 10.8 Å². The molecule has 0 fully saturated rings. The molecule has 18 heavy (non-hydrogen) atoms. The van der Waals surface area contributed by atoms with E-state index < -0.39 is 5.91 Å². The van der Waals surface area contributed by atoms with Crippen molar-refractivity contribution in [2.24, 2.45) is 11.1 Å². The fourth-order valence-corrected chi connectivity index (χ4v) is 2.14. The highest BCUT2D eigenvalue weighted by Gasteiger charge is 2.19. The van der Waals surface area contributed by atoms with E-state index in [9.17, 15) is 19.3 Å². The average molecular weight is 274 g/mol. The van der Waals surface area contributed by atoms with E-state index in [0.29, 0.717) is 6.54 Å². The molecule has 0 aliphatic heterocycles. The fourth-order valence-electron chi connectivity index (χ4n) is 1.14. The Morgan fingerprint density at radius 1 is 1.22 bits per heavy atom. The summed E-state index contributed by atoms with van der Waals surface area (Å²) in [5.74, 6) is -0.744. The molecule has 102 valence electrons. The number of nitrogens with one attached hydrogen (secondary N) is 1. The lowest BCUT2D eigenvalue weighted by atomic mass is 10.1. The summed E-state index contributed by atoms with van der Waals surface area (Å²) < 4.78 is 0. The van der Waals surface area contributed by atoms with Crippen LogP contribution in [0.3, 0.4) is 0 Å². The van der Waals surface area contributed by atoms with Crippen molar-refractivity contribution < 1.29 is 14.4 Å². The third-order valence-electron chi connectivity index (χ3n) is 2.22. The Balaban J connectivity index is 4.15. The number of hydrogen-bond acceptors (Lipinski definition) is 5. The van der Waals surface area contributed by atoms with E-state index >= 15 is 0 Å². The highest BCUT2D eigenvalue weighted by atomic mass is 32.2. The van der Waals surface area contributed by atoms with Crippen molar-refractivity contribution in [3.8, 4) is 0 Å². The molecular formula is C11H18N2O4S. The number of nitrogens with zero attached hydrogens (tertiary/aromatic N) is 1. The Bertz CT molecular complexity index is 331. The number of thioether (sulfide) groups is 1. The number of amides is 2. The maximum atomic E-state index is 11.6. The summed E-state index contributed by atoms with van der Waals surface area (Å²) in [4.78, 5) is 42.9. The molecule has 6 nitrogen and oxygen atoms in total. The Morgan fingerprint density at radius 2 is 1.83 bits per heavy atom. The molecule has 0 aliphatic rings. The van der Waals surface area contributed by atoms with Gasteiger partial charge in [0.2, 0.25) is 5.91 Å². The van der Waals surface area contributed by atoms with Crippen molar-refractivity contribution in [3.05, 3.63) is 4.91 Å². The fraction of sp³-hybridized carbons (Fsp3) is 0.727. The summed E-state index contributed by atoms with van der Waals surface area (Å²) in [6.45, 7) is 5.72. The Morgan fingerprint density at radius 3 is 2.28 bits per heavy atom. The van der Waals surface area contributed by atoms with Gasteiger partial charge in [-0.05, 0) is 5.92 Å².